The highest BCUT2D eigenvalue weighted by atomic mass is 32.2. The van der Waals surface area contributed by atoms with Crippen LogP contribution in [0.3, 0.4) is 0 Å². The number of hydrogen-bond acceptors (Lipinski definition) is 5. The summed E-state index contributed by atoms with van der Waals surface area (Å²) >= 11 is 1.59. The number of thioether (sulfide) groups is 1. The number of amides is 1. The molecule has 0 spiro atoms. The molecule has 1 heterocycles. The Kier molecular flexibility index (Phi) is 8.32. The summed E-state index contributed by atoms with van der Waals surface area (Å²) in [4.78, 5) is 37.1. The molecule has 3 atom stereocenters. The van der Waals surface area contributed by atoms with Gasteiger partial charge in [0, 0.05) is 17.5 Å². The van der Waals surface area contributed by atoms with Gasteiger partial charge in [0.05, 0.1) is 6.04 Å². The number of hydrogen-bond donors (Lipinski definition) is 3. The molecule has 1 aliphatic heterocycles. The summed E-state index contributed by atoms with van der Waals surface area (Å²) in [7, 11) is 0. The molecule has 3 N–H and O–H groups in total. The monoisotopic (exact) mass is 408 g/mol. The highest BCUT2D eigenvalue weighted by molar-refractivity contribution is 8.00. The van der Waals surface area contributed by atoms with Gasteiger partial charge in [-0.1, -0.05) is 44.2 Å². The third-order valence-electron chi connectivity index (χ3n) is 4.82. The topological polar surface area (TPSA) is 107 Å². The number of aryl methyl sites for hydroxylation is 1. The largest absolute Gasteiger partial charge is 0.480 e. The molecule has 2 rings (SSSR count). The highest BCUT2D eigenvalue weighted by Crippen LogP contribution is 2.26. The molecule has 0 bridgehead atoms. The molecule has 1 saturated heterocycles. The van der Waals surface area contributed by atoms with Crippen molar-refractivity contribution in [1.29, 1.82) is 0 Å². The first-order valence-electron chi connectivity index (χ1n) is 9.43. The summed E-state index contributed by atoms with van der Waals surface area (Å²) in [5, 5.41) is 21.8. The number of carboxylic acids is 2. The Labute approximate surface area is 169 Å². The molecule has 1 aromatic carbocycles. The molecule has 1 amide bonds. The Morgan fingerprint density at radius 2 is 1.93 bits per heavy atom. The Morgan fingerprint density at radius 1 is 1.25 bits per heavy atom. The van der Waals surface area contributed by atoms with Crippen LogP contribution in [-0.2, 0) is 20.8 Å². The number of aliphatic carboxylic acids is 2. The van der Waals surface area contributed by atoms with Gasteiger partial charge < -0.3 is 15.1 Å². The second kappa shape index (κ2) is 10.5. The fraction of sp³-hybridized carbons (Fsp3) is 0.550. The van der Waals surface area contributed by atoms with E-state index in [2.05, 4.69) is 5.32 Å². The van der Waals surface area contributed by atoms with Gasteiger partial charge >= 0.3 is 11.9 Å². The minimum atomic E-state index is -1.07. The maximum absolute atomic E-state index is 12.9. The van der Waals surface area contributed by atoms with Gasteiger partial charge in [0.15, 0.2) is 0 Å². The smallest absolute Gasteiger partial charge is 0.323 e. The lowest BCUT2D eigenvalue weighted by Crippen LogP contribution is -2.53. The highest BCUT2D eigenvalue weighted by Gasteiger charge is 2.35. The lowest BCUT2D eigenvalue weighted by molar-refractivity contribution is -0.146. The van der Waals surface area contributed by atoms with Crippen LogP contribution in [0.15, 0.2) is 30.3 Å². The van der Waals surface area contributed by atoms with Crippen molar-refractivity contribution >= 4 is 29.6 Å². The van der Waals surface area contributed by atoms with E-state index in [1.807, 2.05) is 44.2 Å². The Balaban J connectivity index is 2.09. The van der Waals surface area contributed by atoms with Gasteiger partial charge in [-0.25, -0.2) is 0 Å². The zero-order valence-corrected chi connectivity index (χ0v) is 17.0. The lowest BCUT2D eigenvalue weighted by Gasteiger charge is -2.27. The normalized spacial score (nSPS) is 21.4. The molecule has 8 heteroatoms. The van der Waals surface area contributed by atoms with E-state index in [0.717, 1.165) is 5.56 Å². The third kappa shape index (κ3) is 6.53. The zero-order valence-electron chi connectivity index (χ0n) is 16.2. The fourth-order valence-electron chi connectivity index (χ4n) is 3.18. The third-order valence-corrected chi connectivity index (χ3v) is 6.47. The standard InChI is InChI=1S/C20H28N2O5S/c1-13(2)17-10-22(11-18(23)24)19(25)16(12-28-17)21-15(20(26)27)9-8-14-6-4-3-5-7-14/h3-7,13,15-17,21H,8-12H2,1-2H3,(H,23,24)(H,26,27). The van der Waals surface area contributed by atoms with Crippen LogP contribution >= 0.6 is 11.8 Å². The zero-order chi connectivity index (χ0) is 20.7. The van der Waals surface area contributed by atoms with E-state index in [4.69, 9.17) is 5.11 Å². The molecule has 1 aliphatic rings. The summed E-state index contributed by atoms with van der Waals surface area (Å²) in [5.41, 5.74) is 1.03. The van der Waals surface area contributed by atoms with Crippen LogP contribution in [0.2, 0.25) is 0 Å². The summed E-state index contributed by atoms with van der Waals surface area (Å²) in [6, 6.07) is 7.99. The van der Waals surface area contributed by atoms with Crippen LogP contribution in [-0.4, -0.2) is 69.1 Å². The van der Waals surface area contributed by atoms with Crippen molar-refractivity contribution < 1.29 is 24.6 Å². The first-order valence-corrected chi connectivity index (χ1v) is 10.5. The molecule has 3 unspecified atom stereocenters. The summed E-state index contributed by atoms with van der Waals surface area (Å²) in [6.45, 7) is 4.06. The molecule has 0 aliphatic carbocycles. The minimum Gasteiger partial charge on any atom is -0.480 e. The van der Waals surface area contributed by atoms with Crippen molar-refractivity contribution in [2.45, 2.75) is 44.0 Å². The van der Waals surface area contributed by atoms with Crippen molar-refractivity contribution in [1.82, 2.24) is 10.2 Å². The van der Waals surface area contributed by atoms with Crippen LogP contribution in [0.1, 0.15) is 25.8 Å². The molecule has 1 aromatic rings. The van der Waals surface area contributed by atoms with E-state index in [0.29, 0.717) is 25.1 Å². The first-order chi connectivity index (χ1) is 13.3. The molecule has 154 valence electrons. The van der Waals surface area contributed by atoms with Gasteiger partial charge in [-0.05, 0) is 24.3 Å². The van der Waals surface area contributed by atoms with Gasteiger partial charge in [0.1, 0.15) is 12.6 Å². The summed E-state index contributed by atoms with van der Waals surface area (Å²) < 4.78 is 0. The predicted octanol–water partition coefficient (Wildman–Crippen LogP) is 1.72. The van der Waals surface area contributed by atoms with Crippen molar-refractivity contribution in [3.8, 4) is 0 Å². The van der Waals surface area contributed by atoms with Crippen molar-refractivity contribution in [2.75, 3.05) is 18.8 Å². The Hall–Kier alpha value is -2.06. The number of carboxylic acid groups (broad SMARTS) is 2. The quantitative estimate of drug-likeness (QED) is 0.571. The second-order valence-electron chi connectivity index (χ2n) is 7.36. The van der Waals surface area contributed by atoms with E-state index in [1.54, 1.807) is 11.8 Å². The van der Waals surface area contributed by atoms with E-state index in [-0.39, 0.29) is 23.6 Å². The predicted molar refractivity (Wildman–Crippen MR) is 108 cm³/mol. The number of carbonyl (C=O) groups excluding carboxylic acids is 1. The minimum absolute atomic E-state index is 0.114. The SMILES string of the molecule is CC(C)C1CN(CC(=O)O)C(=O)C(NC(CCc2ccccc2)C(=O)O)CS1. The average molecular weight is 409 g/mol. The Bertz CT molecular complexity index is 682. The number of nitrogens with zero attached hydrogens (tertiary/aromatic N) is 1. The molecule has 7 nitrogen and oxygen atoms in total. The fourth-order valence-corrected chi connectivity index (χ4v) is 4.53. The number of nitrogens with one attached hydrogen (secondary N) is 1. The maximum Gasteiger partial charge on any atom is 0.323 e. The second-order valence-corrected chi connectivity index (χ2v) is 8.63. The molecule has 28 heavy (non-hydrogen) atoms. The summed E-state index contributed by atoms with van der Waals surface area (Å²) in [5.74, 6) is -1.72. The molecular weight excluding hydrogens is 380 g/mol. The molecule has 0 aromatic heterocycles. The lowest BCUT2D eigenvalue weighted by atomic mass is 10.0. The van der Waals surface area contributed by atoms with E-state index < -0.39 is 24.0 Å². The van der Waals surface area contributed by atoms with Gasteiger partial charge in [0.25, 0.3) is 0 Å². The number of carbonyl (C=O) groups is 3. The van der Waals surface area contributed by atoms with Crippen LogP contribution in [0.5, 0.6) is 0 Å². The van der Waals surface area contributed by atoms with Crippen LogP contribution in [0.25, 0.3) is 0 Å². The van der Waals surface area contributed by atoms with Crippen LogP contribution in [0.4, 0.5) is 0 Å². The van der Waals surface area contributed by atoms with E-state index in [9.17, 15) is 19.5 Å². The van der Waals surface area contributed by atoms with Crippen molar-refractivity contribution in [3.63, 3.8) is 0 Å². The van der Waals surface area contributed by atoms with E-state index in [1.165, 1.54) is 4.90 Å². The number of benzene rings is 1. The molecule has 0 saturated carbocycles. The van der Waals surface area contributed by atoms with Crippen LogP contribution < -0.4 is 5.32 Å². The van der Waals surface area contributed by atoms with Gasteiger partial charge in [-0.3, -0.25) is 19.7 Å². The van der Waals surface area contributed by atoms with Crippen LogP contribution in [0, 0.1) is 5.92 Å². The average Bonchev–Trinajstić information content (AvgIpc) is 2.79. The summed E-state index contributed by atoms with van der Waals surface area (Å²) in [6.07, 6.45) is 0.923. The van der Waals surface area contributed by atoms with Gasteiger partial charge in [-0.15, -0.1) is 0 Å². The Morgan fingerprint density at radius 3 is 2.50 bits per heavy atom. The van der Waals surface area contributed by atoms with Crippen molar-refractivity contribution in [3.05, 3.63) is 35.9 Å². The molecule has 0 radical (unpaired) electrons. The maximum atomic E-state index is 12.9. The number of rotatable bonds is 9. The van der Waals surface area contributed by atoms with Gasteiger partial charge in [-0.2, -0.15) is 11.8 Å². The van der Waals surface area contributed by atoms with Crippen molar-refractivity contribution in [2.24, 2.45) is 5.92 Å². The van der Waals surface area contributed by atoms with E-state index >= 15 is 0 Å². The molecule has 1 fully saturated rings. The first kappa shape index (κ1) is 22.2. The van der Waals surface area contributed by atoms with Gasteiger partial charge in [0.2, 0.25) is 5.91 Å². The molecular formula is C20H28N2O5S.